The van der Waals surface area contributed by atoms with Gasteiger partial charge in [0.15, 0.2) is 0 Å². The van der Waals surface area contributed by atoms with Gasteiger partial charge in [0.25, 0.3) is 0 Å². The average molecular weight is 319 g/mol. The van der Waals surface area contributed by atoms with Gasteiger partial charge in [-0.15, -0.1) is 0 Å². The van der Waals surface area contributed by atoms with Gasteiger partial charge < -0.3 is 21.3 Å². The molecule has 0 unspecified atom stereocenters. The second-order valence-corrected chi connectivity index (χ2v) is 6.17. The van der Waals surface area contributed by atoms with Gasteiger partial charge in [0.05, 0.1) is 0 Å². The highest BCUT2D eigenvalue weighted by Gasteiger charge is 2.23. The van der Waals surface area contributed by atoms with Crippen LogP contribution >= 0.6 is 0 Å². The van der Waals surface area contributed by atoms with Gasteiger partial charge in [0.2, 0.25) is 5.91 Å². The molecular formula is C16H25N5O2. The first-order valence-corrected chi connectivity index (χ1v) is 8.01. The van der Waals surface area contributed by atoms with Gasteiger partial charge in [-0.2, -0.15) is 0 Å². The molecule has 0 aromatic carbocycles. The molecule has 1 aliphatic rings. The van der Waals surface area contributed by atoms with Crippen LogP contribution in [-0.2, 0) is 11.3 Å². The molecule has 23 heavy (non-hydrogen) atoms. The normalized spacial score (nSPS) is 15.5. The van der Waals surface area contributed by atoms with Crippen molar-refractivity contribution in [3.8, 4) is 0 Å². The van der Waals surface area contributed by atoms with Gasteiger partial charge >= 0.3 is 6.03 Å². The third-order valence-corrected chi connectivity index (χ3v) is 3.95. The number of nitrogens with zero attached hydrogens (tertiary/aromatic N) is 2. The molecule has 4 N–H and O–H groups in total. The second kappa shape index (κ2) is 7.80. The molecule has 1 fully saturated rings. The van der Waals surface area contributed by atoms with Crippen LogP contribution in [0.4, 0.5) is 10.6 Å². The quantitative estimate of drug-likeness (QED) is 0.728. The topological polar surface area (TPSA) is 100 Å². The molecule has 2 heterocycles. The Balaban J connectivity index is 1.89. The highest BCUT2D eigenvalue weighted by Crippen LogP contribution is 2.17. The largest absolute Gasteiger partial charge is 0.357 e. The molecule has 1 saturated heterocycles. The Bertz CT molecular complexity index is 538. The summed E-state index contributed by atoms with van der Waals surface area (Å²) in [6.45, 7) is 6.19. The Morgan fingerprint density at radius 2 is 2.00 bits per heavy atom. The number of aromatic nitrogens is 1. The molecule has 1 aliphatic heterocycles. The number of carbonyl (C=O) groups excluding carboxylic acids is 2. The lowest BCUT2D eigenvalue weighted by Gasteiger charge is -2.20. The molecule has 7 heteroatoms. The van der Waals surface area contributed by atoms with Crippen molar-refractivity contribution in [2.75, 3.05) is 18.0 Å². The van der Waals surface area contributed by atoms with Gasteiger partial charge in [-0.1, -0.05) is 19.9 Å². The Labute approximate surface area is 136 Å². The van der Waals surface area contributed by atoms with Gasteiger partial charge in [-0.05, 0) is 30.4 Å². The summed E-state index contributed by atoms with van der Waals surface area (Å²) < 4.78 is 0. The fourth-order valence-corrected chi connectivity index (χ4v) is 2.64. The molecule has 1 aromatic heterocycles. The summed E-state index contributed by atoms with van der Waals surface area (Å²) in [5.74, 6) is 0.689. The highest BCUT2D eigenvalue weighted by atomic mass is 16.2. The number of amides is 3. The molecule has 2 rings (SSSR count). The number of anilines is 1. The van der Waals surface area contributed by atoms with E-state index in [1.165, 1.54) is 12.8 Å². The van der Waals surface area contributed by atoms with Gasteiger partial charge in [-0.3, -0.25) is 4.79 Å². The Morgan fingerprint density at radius 1 is 1.30 bits per heavy atom. The van der Waals surface area contributed by atoms with Crippen LogP contribution in [0.2, 0.25) is 0 Å². The number of carbonyl (C=O) groups is 2. The predicted molar refractivity (Wildman–Crippen MR) is 88.9 cm³/mol. The molecule has 7 nitrogen and oxygen atoms in total. The van der Waals surface area contributed by atoms with Crippen LogP contribution in [-0.4, -0.2) is 36.1 Å². The molecule has 3 amide bonds. The first-order valence-electron chi connectivity index (χ1n) is 8.01. The monoisotopic (exact) mass is 319 g/mol. The van der Waals surface area contributed by atoms with Crippen LogP contribution in [0.25, 0.3) is 0 Å². The minimum absolute atomic E-state index is 0.0434. The Kier molecular flexibility index (Phi) is 5.78. The van der Waals surface area contributed by atoms with Crippen molar-refractivity contribution in [3.63, 3.8) is 0 Å². The maximum Gasteiger partial charge on any atom is 0.312 e. The third kappa shape index (κ3) is 4.84. The van der Waals surface area contributed by atoms with E-state index in [9.17, 15) is 9.59 Å². The summed E-state index contributed by atoms with van der Waals surface area (Å²) in [6, 6.07) is 2.61. The molecule has 1 atom stereocenters. The van der Waals surface area contributed by atoms with Gasteiger partial charge in [-0.25, -0.2) is 9.78 Å². The summed E-state index contributed by atoms with van der Waals surface area (Å²) in [4.78, 5) is 29.8. The van der Waals surface area contributed by atoms with Crippen molar-refractivity contribution in [1.29, 1.82) is 0 Å². The molecule has 0 saturated carbocycles. The molecule has 0 spiro atoms. The SMILES string of the molecule is CC(C)[C@H](NC(N)=O)C(=O)NCc1ccc(N2CCCC2)nc1. The predicted octanol–water partition coefficient (Wildman–Crippen LogP) is 0.991. The lowest BCUT2D eigenvalue weighted by Crippen LogP contribution is -2.51. The van der Waals surface area contributed by atoms with Crippen molar-refractivity contribution in [3.05, 3.63) is 23.9 Å². The zero-order chi connectivity index (χ0) is 16.8. The van der Waals surface area contributed by atoms with E-state index >= 15 is 0 Å². The van der Waals surface area contributed by atoms with E-state index < -0.39 is 12.1 Å². The summed E-state index contributed by atoms with van der Waals surface area (Å²) in [6.07, 6.45) is 4.20. The summed E-state index contributed by atoms with van der Waals surface area (Å²) >= 11 is 0. The van der Waals surface area contributed by atoms with Crippen LogP contribution in [0.15, 0.2) is 18.3 Å². The minimum atomic E-state index is -0.699. The van der Waals surface area contributed by atoms with Crippen LogP contribution < -0.4 is 21.3 Å². The zero-order valence-corrected chi connectivity index (χ0v) is 13.7. The van der Waals surface area contributed by atoms with E-state index in [0.717, 1.165) is 24.5 Å². The van der Waals surface area contributed by atoms with Crippen molar-refractivity contribution in [1.82, 2.24) is 15.6 Å². The molecule has 0 radical (unpaired) electrons. The molecule has 0 aliphatic carbocycles. The van der Waals surface area contributed by atoms with Crippen molar-refractivity contribution in [2.24, 2.45) is 11.7 Å². The number of pyridine rings is 1. The first kappa shape index (κ1) is 17.1. The number of nitrogens with two attached hydrogens (primary N) is 1. The van der Waals surface area contributed by atoms with Crippen LogP contribution in [0.1, 0.15) is 32.3 Å². The van der Waals surface area contributed by atoms with Crippen molar-refractivity contribution < 1.29 is 9.59 Å². The molecule has 1 aromatic rings. The number of hydrogen-bond acceptors (Lipinski definition) is 4. The van der Waals surface area contributed by atoms with E-state index in [0.29, 0.717) is 6.54 Å². The fraction of sp³-hybridized carbons (Fsp3) is 0.562. The third-order valence-electron chi connectivity index (χ3n) is 3.95. The maximum atomic E-state index is 12.2. The number of primary amides is 1. The van der Waals surface area contributed by atoms with E-state index in [-0.39, 0.29) is 11.8 Å². The molecule has 126 valence electrons. The van der Waals surface area contributed by atoms with E-state index in [2.05, 4.69) is 20.5 Å². The van der Waals surface area contributed by atoms with E-state index in [4.69, 9.17) is 5.73 Å². The van der Waals surface area contributed by atoms with Crippen LogP contribution in [0.5, 0.6) is 0 Å². The van der Waals surface area contributed by atoms with Crippen LogP contribution in [0, 0.1) is 5.92 Å². The highest BCUT2D eigenvalue weighted by molar-refractivity contribution is 5.86. The number of rotatable bonds is 6. The lowest BCUT2D eigenvalue weighted by molar-refractivity contribution is -0.124. The Morgan fingerprint density at radius 3 is 2.52 bits per heavy atom. The Hall–Kier alpha value is -2.31. The molecule has 0 bridgehead atoms. The lowest BCUT2D eigenvalue weighted by atomic mass is 10.0. The number of nitrogens with one attached hydrogen (secondary N) is 2. The van der Waals surface area contributed by atoms with Gasteiger partial charge in [0.1, 0.15) is 11.9 Å². The van der Waals surface area contributed by atoms with Gasteiger partial charge in [0, 0.05) is 25.8 Å². The fourth-order valence-electron chi connectivity index (χ4n) is 2.64. The standard InChI is InChI=1S/C16H25N5O2/c1-11(2)14(20-16(17)23)15(22)19-10-12-5-6-13(18-9-12)21-7-3-4-8-21/h5-6,9,11,14H,3-4,7-8,10H2,1-2H3,(H,19,22)(H3,17,20,23)/t14-/m0/s1. The van der Waals surface area contributed by atoms with E-state index in [1.54, 1.807) is 6.20 Å². The zero-order valence-electron chi connectivity index (χ0n) is 13.7. The summed E-state index contributed by atoms with van der Waals surface area (Å²) in [5.41, 5.74) is 6.03. The number of hydrogen-bond donors (Lipinski definition) is 3. The first-order chi connectivity index (χ1) is 11.0. The average Bonchev–Trinajstić information content (AvgIpc) is 3.04. The number of urea groups is 1. The summed E-state index contributed by atoms with van der Waals surface area (Å²) in [5, 5.41) is 5.28. The second-order valence-electron chi connectivity index (χ2n) is 6.17. The molecular weight excluding hydrogens is 294 g/mol. The van der Waals surface area contributed by atoms with Crippen LogP contribution in [0.3, 0.4) is 0 Å². The smallest absolute Gasteiger partial charge is 0.312 e. The van der Waals surface area contributed by atoms with Crippen molar-refractivity contribution >= 4 is 17.8 Å². The van der Waals surface area contributed by atoms with Crippen molar-refractivity contribution in [2.45, 2.75) is 39.3 Å². The summed E-state index contributed by atoms with van der Waals surface area (Å²) in [7, 11) is 0. The maximum absolute atomic E-state index is 12.2. The van der Waals surface area contributed by atoms with E-state index in [1.807, 2.05) is 26.0 Å². The minimum Gasteiger partial charge on any atom is -0.357 e.